The largest absolute Gasteiger partial charge is 0.507 e. The number of halogens is 2. The van der Waals surface area contributed by atoms with Crippen molar-refractivity contribution in [1.82, 2.24) is 0 Å². The van der Waals surface area contributed by atoms with Crippen LogP contribution in [-0.2, 0) is 9.59 Å². The molecular formula is C25H19F2NO6. The van der Waals surface area contributed by atoms with Crippen molar-refractivity contribution >= 4 is 23.1 Å². The molecule has 1 fully saturated rings. The van der Waals surface area contributed by atoms with Gasteiger partial charge in [0.25, 0.3) is 11.7 Å². The van der Waals surface area contributed by atoms with Gasteiger partial charge in [-0.1, -0.05) is 18.2 Å². The highest BCUT2D eigenvalue weighted by atomic mass is 19.2. The topological polar surface area (TPSA) is 96.3 Å². The summed E-state index contributed by atoms with van der Waals surface area (Å²) in [6.07, 6.45) is 0. The van der Waals surface area contributed by atoms with E-state index in [0.717, 1.165) is 23.1 Å². The van der Waals surface area contributed by atoms with Crippen LogP contribution in [0.15, 0.2) is 66.2 Å². The molecule has 34 heavy (non-hydrogen) atoms. The summed E-state index contributed by atoms with van der Waals surface area (Å²) in [6, 6.07) is 11.9. The van der Waals surface area contributed by atoms with Crippen molar-refractivity contribution in [1.29, 1.82) is 0 Å². The highest BCUT2D eigenvalue weighted by Gasteiger charge is 2.47. The highest BCUT2D eigenvalue weighted by Crippen LogP contribution is 2.44. The predicted octanol–water partition coefficient (Wildman–Crippen LogP) is 4.31. The molecule has 1 atom stereocenters. The SMILES string of the molecule is COc1cccc(/C(O)=C2\C(=O)C(=O)N(c3ccc(F)c(F)c3)C2c2ccc(OC)c(O)c2)c1. The van der Waals surface area contributed by atoms with E-state index < -0.39 is 35.1 Å². The van der Waals surface area contributed by atoms with Crippen molar-refractivity contribution in [3.05, 3.63) is 89.0 Å². The molecule has 0 spiro atoms. The summed E-state index contributed by atoms with van der Waals surface area (Å²) < 4.78 is 37.8. The van der Waals surface area contributed by atoms with Gasteiger partial charge in [0.1, 0.15) is 11.5 Å². The molecule has 9 heteroatoms. The number of rotatable bonds is 5. The van der Waals surface area contributed by atoms with E-state index in [1.54, 1.807) is 12.1 Å². The first kappa shape index (κ1) is 22.8. The molecule has 0 bridgehead atoms. The molecule has 1 heterocycles. The van der Waals surface area contributed by atoms with Crippen molar-refractivity contribution in [2.24, 2.45) is 0 Å². The third-order valence-electron chi connectivity index (χ3n) is 5.49. The molecule has 1 amide bonds. The molecule has 1 aliphatic heterocycles. The molecule has 3 aromatic carbocycles. The molecule has 0 aliphatic carbocycles. The van der Waals surface area contributed by atoms with Crippen molar-refractivity contribution in [2.75, 3.05) is 19.1 Å². The van der Waals surface area contributed by atoms with E-state index in [1.165, 1.54) is 44.6 Å². The molecule has 1 saturated heterocycles. The van der Waals surface area contributed by atoms with Crippen LogP contribution in [-0.4, -0.2) is 36.1 Å². The Labute approximate surface area is 193 Å². The predicted molar refractivity (Wildman–Crippen MR) is 119 cm³/mol. The first-order valence-corrected chi connectivity index (χ1v) is 10.0. The number of phenols is 1. The number of ether oxygens (including phenoxy) is 2. The van der Waals surface area contributed by atoms with Crippen molar-refractivity contribution in [2.45, 2.75) is 6.04 Å². The summed E-state index contributed by atoms with van der Waals surface area (Å²) in [6.45, 7) is 0. The van der Waals surface area contributed by atoms with Crippen LogP contribution in [0.25, 0.3) is 5.76 Å². The minimum atomic E-state index is -1.26. The Bertz CT molecular complexity index is 1340. The number of amides is 1. The molecule has 1 aliphatic rings. The van der Waals surface area contributed by atoms with E-state index in [-0.39, 0.29) is 33.9 Å². The minimum Gasteiger partial charge on any atom is -0.507 e. The van der Waals surface area contributed by atoms with Crippen LogP contribution in [0.2, 0.25) is 0 Å². The van der Waals surface area contributed by atoms with E-state index in [0.29, 0.717) is 5.75 Å². The van der Waals surface area contributed by atoms with Crippen LogP contribution in [0, 0.1) is 11.6 Å². The summed E-state index contributed by atoms with van der Waals surface area (Å²) >= 11 is 0. The fourth-order valence-electron chi connectivity index (χ4n) is 3.85. The number of aliphatic hydroxyl groups is 1. The molecule has 0 saturated carbocycles. The van der Waals surface area contributed by atoms with E-state index in [2.05, 4.69) is 0 Å². The first-order chi connectivity index (χ1) is 16.3. The zero-order valence-corrected chi connectivity index (χ0v) is 18.1. The third kappa shape index (κ3) is 3.81. The molecule has 2 N–H and O–H groups in total. The number of methoxy groups -OCH3 is 2. The van der Waals surface area contributed by atoms with Gasteiger partial charge in [0, 0.05) is 17.3 Å². The van der Waals surface area contributed by atoms with E-state index in [4.69, 9.17) is 9.47 Å². The van der Waals surface area contributed by atoms with E-state index in [1.807, 2.05) is 0 Å². The fraction of sp³-hybridized carbons (Fsp3) is 0.120. The Morgan fingerprint density at radius 1 is 0.941 bits per heavy atom. The van der Waals surface area contributed by atoms with Gasteiger partial charge in [-0.05, 0) is 42.0 Å². The highest BCUT2D eigenvalue weighted by molar-refractivity contribution is 6.51. The summed E-state index contributed by atoms with van der Waals surface area (Å²) in [7, 11) is 2.78. The monoisotopic (exact) mass is 467 g/mol. The Hall–Kier alpha value is -4.40. The Kier molecular flexibility index (Phi) is 5.93. The van der Waals surface area contributed by atoms with Crippen LogP contribution >= 0.6 is 0 Å². The quantitative estimate of drug-likeness (QED) is 0.330. The Morgan fingerprint density at radius 3 is 2.35 bits per heavy atom. The number of carbonyl (C=O) groups excluding carboxylic acids is 2. The van der Waals surface area contributed by atoms with Gasteiger partial charge < -0.3 is 19.7 Å². The summed E-state index contributed by atoms with van der Waals surface area (Å²) in [5.74, 6) is -4.68. The lowest BCUT2D eigenvalue weighted by Crippen LogP contribution is -2.29. The average Bonchev–Trinajstić information content (AvgIpc) is 3.10. The number of phenolic OH excluding ortho intramolecular Hbond substituents is 1. The maximum absolute atomic E-state index is 14.0. The van der Waals surface area contributed by atoms with Crippen LogP contribution < -0.4 is 14.4 Å². The normalized spacial score (nSPS) is 17.2. The number of nitrogens with zero attached hydrogens (tertiary/aromatic N) is 1. The van der Waals surface area contributed by atoms with Crippen molar-refractivity contribution in [3.8, 4) is 17.2 Å². The third-order valence-corrected chi connectivity index (χ3v) is 5.49. The lowest BCUT2D eigenvalue weighted by Gasteiger charge is -2.26. The fourth-order valence-corrected chi connectivity index (χ4v) is 3.85. The molecule has 4 rings (SSSR count). The molecule has 3 aromatic rings. The average molecular weight is 467 g/mol. The second-order valence-electron chi connectivity index (χ2n) is 7.43. The number of hydrogen-bond donors (Lipinski definition) is 2. The number of carbonyl (C=O) groups is 2. The van der Waals surface area contributed by atoms with Crippen LogP contribution in [0.3, 0.4) is 0 Å². The summed E-state index contributed by atoms with van der Waals surface area (Å²) in [4.78, 5) is 27.1. The second kappa shape index (κ2) is 8.86. The number of hydrogen-bond acceptors (Lipinski definition) is 6. The molecule has 1 unspecified atom stereocenters. The van der Waals surface area contributed by atoms with Crippen LogP contribution in [0.5, 0.6) is 17.2 Å². The maximum atomic E-state index is 14.0. The molecule has 0 aromatic heterocycles. The van der Waals surface area contributed by atoms with Gasteiger partial charge in [0.15, 0.2) is 23.1 Å². The van der Waals surface area contributed by atoms with Gasteiger partial charge in [-0.15, -0.1) is 0 Å². The van der Waals surface area contributed by atoms with Crippen LogP contribution in [0.4, 0.5) is 14.5 Å². The van der Waals surface area contributed by atoms with Gasteiger partial charge in [-0.3, -0.25) is 14.5 Å². The van der Waals surface area contributed by atoms with Gasteiger partial charge in [-0.2, -0.15) is 0 Å². The maximum Gasteiger partial charge on any atom is 0.300 e. The number of ketones is 1. The number of Topliss-reactive ketones (excluding diaryl/α,β-unsaturated/α-hetero) is 1. The Balaban J connectivity index is 1.97. The zero-order chi connectivity index (χ0) is 24.6. The number of benzene rings is 3. The standard InChI is InChI=1S/C25H19F2NO6/c1-33-16-5-3-4-14(10-16)23(30)21-22(13-6-9-20(34-2)19(29)11-13)28(25(32)24(21)31)15-7-8-17(26)18(27)12-15/h3-12,22,29-30H,1-2H3/b23-21+. The molecule has 174 valence electrons. The number of aromatic hydroxyl groups is 1. The molecular weight excluding hydrogens is 448 g/mol. The van der Waals surface area contributed by atoms with Gasteiger partial charge in [-0.25, -0.2) is 8.78 Å². The van der Waals surface area contributed by atoms with E-state index >= 15 is 0 Å². The minimum absolute atomic E-state index is 0.106. The van der Waals surface area contributed by atoms with E-state index in [9.17, 15) is 28.6 Å². The van der Waals surface area contributed by atoms with Crippen LogP contribution in [0.1, 0.15) is 17.2 Å². The summed E-state index contributed by atoms with van der Waals surface area (Å²) in [5.41, 5.74) is 0.0237. The van der Waals surface area contributed by atoms with Gasteiger partial charge in [0.05, 0.1) is 25.8 Å². The van der Waals surface area contributed by atoms with Crippen molar-refractivity contribution in [3.63, 3.8) is 0 Å². The summed E-state index contributed by atoms with van der Waals surface area (Å²) in [5, 5.41) is 21.4. The molecule has 0 radical (unpaired) electrons. The number of aliphatic hydroxyl groups excluding tert-OH is 1. The van der Waals surface area contributed by atoms with Gasteiger partial charge in [0.2, 0.25) is 0 Å². The smallest absolute Gasteiger partial charge is 0.300 e. The zero-order valence-electron chi connectivity index (χ0n) is 18.1. The van der Waals surface area contributed by atoms with Crippen molar-refractivity contribution < 1.29 is 38.1 Å². The second-order valence-corrected chi connectivity index (χ2v) is 7.43. The lowest BCUT2D eigenvalue weighted by molar-refractivity contribution is -0.132. The van der Waals surface area contributed by atoms with Gasteiger partial charge >= 0.3 is 0 Å². The first-order valence-electron chi connectivity index (χ1n) is 10.0. The Morgan fingerprint density at radius 2 is 1.71 bits per heavy atom. The number of anilines is 1. The lowest BCUT2D eigenvalue weighted by atomic mass is 9.94. The molecule has 7 nitrogen and oxygen atoms in total.